The molecule has 0 saturated carbocycles. The topological polar surface area (TPSA) is 76.9 Å². The molecule has 1 N–H and O–H groups in total. The van der Waals surface area contributed by atoms with Crippen molar-refractivity contribution < 1.29 is 5.11 Å². The number of hydrogen-bond acceptors (Lipinski definition) is 5. The highest BCUT2D eigenvalue weighted by atomic mass is 16.3. The lowest BCUT2D eigenvalue weighted by atomic mass is 10.1. The van der Waals surface area contributed by atoms with Gasteiger partial charge in [0, 0.05) is 45.3 Å². The first-order valence-electron chi connectivity index (χ1n) is 12.6. The molecule has 1 saturated heterocycles. The van der Waals surface area contributed by atoms with E-state index in [-0.39, 0.29) is 5.56 Å². The summed E-state index contributed by atoms with van der Waals surface area (Å²) >= 11 is 0. The van der Waals surface area contributed by atoms with Crippen molar-refractivity contribution in [1.82, 2.24) is 18.8 Å². The summed E-state index contributed by atoms with van der Waals surface area (Å²) in [6.45, 7) is 11.6. The third kappa shape index (κ3) is 4.56. The molecule has 7 heteroatoms. The van der Waals surface area contributed by atoms with Gasteiger partial charge in [0.05, 0.1) is 29.2 Å². The van der Waals surface area contributed by atoms with Crippen LogP contribution in [-0.4, -0.2) is 62.7 Å². The van der Waals surface area contributed by atoms with E-state index in [1.807, 2.05) is 28.8 Å². The van der Waals surface area contributed by atoms with Crippen LogP contribution in [-0.2, 0) is 13.1 Å². The molecule has 0 aliphatic carbocycles. The van der Waals surface area contributed by atoms with Crippen LogP contribution >= 0.6 is 0 Å². The SMILES string of the molecule is Cc1ccc(CN2CCN(C[C@@H](O)Cn3c4ccccc4n4c(=O)cc(C)c(C#N)c34)CC2)c(C)c1. The summed E-state index contributed by atoms with van der Waals surface area (Å²) in [5.41, 5.74) is 7.12. The van der Waals surface area contributed by atoms with Crippen molar-refractivity contribution in [2.45, 2.75) is 40.0 Å². The largest absolute Gasteiger partial charge is 0.390 e. The number of fused-ring (bicyclic) bond motifs is 3. The van der Waals surface area contributed by atoms with Gasteiger partial charge in [-0.1, -0.05) is 35.9 Å². The van der Waals surface area contributed by atoms with Gasteiger partial charge in [0.15, 0.2) is 0 Å². The van der Waals surface area contributed by atoms with Gasteiger partial charge in [0.2, 0.25) is 0 Å². The van der Waals surface area contributed by atoms with Gasteiger partial charge in [0.1, 0.15) is 11.7 Å². The summed E-state index contributed by atoms with van der Waals surface area (Å²) in [4.78, 5) is 17.6. The van der Waals surface area contributed by atoms with Crippen LogP contribution in [0.25, 0.3) is 16.7 Å². The van der Waals surface area contributed by atoms with Crippen LogP contribution in [0.4, 0.5) is 0 Å². The molecule has 4 aromatic rings. The molecular weight excluding hydrogens is 450 g/mol. The van der Waals surface area contributed by atoms with E-state index in [4.69, 9.17) is 0 Å². The maximum Gasteiger partial charge on any atom is 0.257 e. The zero-order chi connectivity index (χ0) is 25.4. The Morgan fingerprint density at radius 3 is 2.31 bits per heavy atom. The van der Waals surface area contributed by atoms with E-state index in [2.05, 4.69) is 47.9 Å². The molecule has 5 rings (SSSR count). The number of rotatable bonds is 6. The average molecular weight is 484 g/mol. The molecule has 1 aliphatic rings. The molecule has 0 unspecified atom stereocenters. The fourth-order valence-electron chi connectivity index (χ4n) is 5.48. The molecule has 186 valence electrons. The molecular formula is C29H33N5O2. The lowest BCUT2D eigenvalue weighted by Gasteiger charge is -2.36. The number of imidazole rings is 1. The van der Waals surface area contributed by atoms with Gasteiger partial charge in [0.25, 0.3) is 5.56 Å². The minimum atomic E-state index is -0.627. The van der Waals surface area contributed by atoms with Gasteiger partial charge < -0.3 is 9.67 Å². The average Bonchev–Trinajstić information content (AvgIpc) is 3.17. The van der Waals surface area contributed by atoms with Crippen LogP contribution in [0, 0.1) is 32.1 Å². The van der Waals surface area contributed by atoms with Gasteiger partial charge in [-0.2, -0.15) is 5.26 Å². The number of β-amino-alcohol motifs (C(OH)–C–C–N with tert-alkyl or cyclic N) is 1. The Hall–Kier alpha value is -3.44. The Kier molecular flexibility index (Phi) is 6.67. The number of para-hydroxylation sites is 2. The number of aliphatic hydroxyl groups is 1. The number of aliphatic hydroxyl groups excluding tert-OH is 1. The maximum atomic E-state index is 12.9. The summed E-state index contributed by atoms with van der Waals surface area (Å²) in [6.07, 6.45) is -0.627. The molecule has 2 aromatic carbocycles. The normalized spacial score (nSPS) is 16.0. The van der Waals surface area contributed by atoms with Crippen LogP contribution in [0.2, 0.25) is 0 Å². The van der Waals surface area contributed by atoms with Crippen LogP contribution in [0.5, 0.6) is 0 Å². The van der Waals surface area contributed by atoms with E-state index in [9.17, 15) is 15.2 Å². The number of piperazine rings is 1. The molecule has 36 heavy (non-hydrogen) atoms. The first-order valence-corrected chi connectivity index (χ1v) is 12.6. The first-order chi connectivity index (χ1) is 17.4. The zero-order valence-electron chi connectivity index (χ0n) is 21.2. The first kappa shape index (κ1) is 24.3. The van der Waals surface area contributed by atoms with Crippen LogP contribution in [0.3, 0.4) is 0 Å². The number of aromatic nitrogens is 2. The molecule has 0 amide bonds. The van der Waals surface area contributed by atoms with E-state index in [0.29, 0.717) is 29.9 Å². The Morgan fingerprint density at radius 2 is 1.61 bits per heavy atom. The standard InChI is InChI=1S/C29H33N5O2/c1-20-8-9-23(21(2)14-20)17-31-10-12-32(13-11-31)18-24(35)19-33-26-6-4-5-7-27(26)34-28(36)15-22(3)25(16-30)29(33)34/h4-9,14-15,24,35H,10-13,17-19H2,1-3H3/t24-/m1/s1. The second-order valence-corrected chi connectivity index (χ2v) is 10.1. The molecule has 1 fully saturated rings. The highest BCUT2D eigenvalue weighted by Crippen LogP contribution is 2.24. The molecule has 2 aromatic heterocycles. The molecule has 1 atom stereocenters. The third-order valence-electron chi connectivity index (χ3n) is 7.39. The second kappa shape index (κ2) is 9.90. The van der Waals surface area contributed by atoms with E-state index in [1.54, 1.807) is 11.3 Å². The van der Waals surface area contributed by atoms with E-state index in [0.717, 1.165) is 43.8 Å². The summed E-state index contributed by atoms with van der Waals surface area (Å²) in [5, 5.41) is 21.0. The predicted octanol–water partition coefficient (Wildman–Crippen LogP) is 3.23. The van der Waals surface area contributed by atoms with Gasteiger partial charge in [-0.15, -0.1) is 0 Å². The lowest BCUT2D eigenvalue weighted by molar-refractivity contribution is 0.0632. The van der Waals surface area contributed by atoms with Crippen molar-refractivity contribution in [3.63, 3.8) is 0 Å². The van der Waals surface area contributed by atoms with Crippen molar-refractivity contribution in [3.8, 4) is 6.07 Å². The minimum Gasteiger partial charge on any atom is -0.390 e. The smallest absolute Gasteiger partial charge is 0.257 e. The van der Waals surface area contributed by atoms with E-state index < -0.39 is 6.10 Å². The van der Waals surface area contributed by atoms with Crippen molar-refractivity contribution in [1.29, 1.82) is 5.26 Å². The third-order valence-corrected chi connectivity index (χ3v) is 7.39. The van der Waals surface area contributed by atoms with Crippen molar-refractivity contribution >= 4 is 16.7 Å². The predicted molar refractivity (Wildman–Crippen MR) is 142 cm³/mol. The van der Waals surface area contributed by atoms with E-state index >= 15 is 0 Å². The molecule has 0 spiro atoms. The van der Waals surface area contributed by atoms with Gasteiger partial charge >= 0.3 is 0 Å². The summed E-state index contributed by atoms with van der Waals surface area (Å²) in [6, 6.07) is 18.1. The van der Waals surface area contributed by atoms with Crippen LogP contribution < -0.4 is 5.56 Å². The Morgan fingerprint density at radius 1 is 0.917 bits per heavy atom. The Labute approximate surface area is 211 Å². The lowest BCUT2D eigenvalue weighted by Crippen LogP contribution is -2.48. The number of nitriles is 1. The zero-order valence-corrected chi connectivity index (χ0v) is 21.2. The molecule has 1 aliphatic heterocycles. The minimum absolute atomic E-state index is 0.161. The Bertz CT molecular complexity index is 1520. The monoisotopic (exact) mass is 483 g/mol. The molecule has 0 radical (unpaired) electrons. The number of benzene rings is 2. The van der Waals surface area contributed by atoms with Crippen LogP contribution in [0.15, 0.2) is 53.3 Å². The highest BCUT2D eigenvalue weighted by Gasteiger charge is 2.23. The van der Waals surface area contributed by atoms with E-state index in [1.165, 1.54) is 22.8 Å². The van der Waals surface area contributed by atoms with Crippen molar-refractivity contribution in [2.75, 3.05) is 32.7 Å². The molecule has 0 bridgehead atoms. The number of hydrogen-bond donors (Lipinski definition) is 1. The second-order valence-electron chi connectivity index (χ2n) is 10.1. The van der Waals surface area contributed by atoms with Crippen LogP contribution in [0.1, 0.15) is 27.8 Å². The summed E-state index contributed by atoms with van der Waals surface area (Å²) in [7, 11) is 0. The fourth-order valence-corrected chi connectivity index (χ4v) is 5.48. The summed E-state index contributed by atoms with van der Waals surface area (Å²) in [5.74, 6) is 0. The summed E-state index contributed by atoms with van der Waals surface area (Å²) < 4.78 is 3.53. The highest BCUT2D eigenvalue weighted by molar-refractivity contribution is 5.84. The Balaban J connectivity index is 1.31. The fraction of sp³-hybridized carbons (Fsp3) is 0.379. The maximum absolute atomic E-state index is 12.9. The number of pyridine rings is 1. The van der Waals surface area contributed by atoms with Gasteiger partial charge in [-0.25, -0.2) is 0 Å². The number of nitrogens with zero attached hydrogens (tertiary/aromatic N) is 5. The van der Waals surface area contributed by atoms with Gasteiger partial charge in [-0.05, 0) is 49.6 Å². The molecule has 3 heterocycles. The van der Waals surface area contributed by atoms with Gasteiger partial charge in [-0.3, -0.25) is 19.0 Å². The molecule has 7 nitrogen and oxygen atoms in total. The number of aryl methyl sites for hydroxylation is 3. The van der Waals surface area contributed by atoms with Crippen molar-refractivity contribution in [3.05, 3.63) is 86.7 Å². The quantitative estimate of drug-likeness (QED) is 0.456. The van der Waals surface area contributed by atoms with Crippen molar-refractivity contribution in [2.24, 2.45) is 0 Å².